The molecule has 0 saturated carbocycles. The molecule has 2 aromatic carbocycles. The Kier molecular flexibility index (Phi) is 8.11. The van der Waals surface area contributed by atoms with E-state index in [1.807, 2.05) is 18.7 Å². The van der Waals surface area contributed by atoms with Gasteiger partial charge in [-0.25, -0.2) is 0 Å². The zero-order valence-corrected chi connectivity index (χ0v) is 17.9. The Bertz CT molecular complexity index is 880. The van der Waals surface area contributed by atoms with E-state index in [-0.39, 0.29) is 5.78 Å². The molecule has 0 amide bonds. The zero-order valence-electron chi connectivity index (χ0n) is 14.8. The number of carbonyl (C=O) groups excluding carboxylic acids is 1. The highest BCUT2D eigenvalue weighted by atomic mass is 35.5. The van der Waals surface area contributed by atoms with E-state index in [4.69, 9.17) is 51.8 Å². The fourth-order valence-corrected chi connectivity index (χ4v) is 3.48. The molecule has 142 valence electrons. The predicted octanol–water partition coefficient (Wildman–Crippen LogP) is 6.55. The van der Waals surface area contributed by atoms with Gasteiger partial charge in [-0.3, -0.25) is 4.79 Å². The molecule has 0 bridgehead atoms. The number of benzene rings is 2. The van der Waals surface area contributed by atoms with E-state index in [0.29, 0.717) is 50.2 Å². The number of hydrogen-bond acceptors (Lipinski definition) is 3. The Morgan fingerprint density at radius 3 is 2.41 bits per heavy atom. The summed E-state index contributed by atoms with van der Waals surface area (Å²) in [7, 11) is 0. The molecule has 2 aromatic rings. The number of rotatable bonds is 6. The minimum atomic E-state index is -0.242. The quantitative estimate of drug-likeness (QED) is 0.288. The SMILES string of the molecule is CCN(CC)C(=S)Oc1c(Cl)cc(Cl)cc1/C=C/C(=O)c1ccccc1Cl. The summed E-state index contributed by atoms with van der Waals surface area (Å²) in [6, 6.07) is 10.1. The van der Waals surface area contributed by atoms with Gasteiger partial charge >= 0.3 is 0 Å². The first-order chi connectivity index (χ1) is 12.9. The second-order valence-corrected chi connectivity index (χ2v) is 7.12. The average Bonchev–Trinajstić information content (AvgIpc) is 2.63. The Labute approximate surface area is 179 Å². The Balaban J connectivity index is 2.34. The summed E-state index contributed by atoms with van der Waals surface area (Å²) < 4.78 is 5.82. The molecule has 0 fully saturated rings. The summed E-state index contributed by atoms with van der Waals surface area (Å²) in [5, 5.41) is 1.42. The third-order valence-electron chi connectivity index (χ3n) is 3.80. The van der Waals surface area contributed by atoms with Crippen LogP contribution in [0.3, 0.4) is 0 Å². The van der Waals surface area contributed by atoms with Gasteiger partial charge in [0, 0.05) is 29.2 Å². The molecule has 27 heavy (non-hydrogen) atoms. The van der Waals surface area contributed by atoms with E-state index in [2.05, 4.69) is 0 Å². The van der Waals surface area contributed by atoms with Crippen LogP contribution in [0.2, 0.25) is 15.1 Å². The molecule has 0 radical (unpaired) electrons. The second-order valence-electron chi connectivity index (χ2n) is 5.52. The molecule has 0 heterocycles. The van der Waals surface area contributed by atoms with E-state index in [1.54, 1.807) is 42.5 Å². The fourth-order valence-electron chi connectivity index (χ4n) is 2.36. The average molecular weight is 443 g/mol. The zero-order chi connectivity index (χ0) is 20.0. The van der Waals surface area contributed by atoms with Gasteiger partial charge in [0.15, 0.2) is 11.5 Å². The number of ketones is 1. The molecule has 0 aromatic heterocycles. The standard InChI is InChI=1S/C20H18Cl3NO2S/c1-3-24(4-2)20(27)26-19-13(11-14(21)12-17(19)23)9-10-18(25)15-7-5-6-8-16(15)22/h5-12H,3-4H2,1-2H3/b10-9+. The lowest BCUT2D eigenvalue weighted by Crippen LogP contribution is -2.33. The van der Waals surface area contributed by atoms with Crippen molar-refractivity contribution in [2.75, 3.05) is 13.1 Å². The Hall–Kier alpha value is -1.59. The molecule has 2 rings (SSSR count). The molecule has 7 heteroatoms. The molecule has 3 nitrogen and oxygen atoms in total. The van der Waals surface area contributed by atoms with Crippen LogP contribution in [0, 0.1) is 0 Å². The third-order valence-corrected chi connectivity index (χ3v) is 4.97. The third kappa shape index (κ3) is 5.69. The molecule has 0 atom stereocenters. The number of nitrogens with zero attached hydrogens (tertiary/aromatic N) is 1. The van der Waals surface area contributed by atoms with E-state index < -0.39 is 0 Å². The number of allylic oxidation sites excluding steroid dienone is 1. The first-order valence-corrected chi connectivity index (χ1v) is 9.84. The lowest BCUT2D eigenvalue weighted by atomic mass is 10.1. The van der Waals surface area contributed by atoms with Gasteiger partial charge in [-0.1, -0.05) is 46.9 Å². The summed E-state index contributed by atoms with van der Waals surface area (Å²) >= 11 is 23.8. The number of carbonyl (C=O) groups is 1. The van der Waals surface area contributed by atoms with Crippen LogP contribution in [0.5, 0.6) is 5.75 Å². The molecule has 0 unspecified atom stereocenters. The number of thiocarbonyl (C=S) groups is 1. The van der Waals surface area contributed by atoms with Crippen molar-refractivity contribution in [2.24, 2.45) is 0 Å². The molecule has 0 aliphatic rings. The summed E-state index contributed by atoms with van der Waals surface area (Å²) in [4.78, 5) is 14.3. The highest BCUT2D eigenvalue weighted by molar-refractivity contribution is 7.80. The molecule has 0 spiro atoms. The van der Waals surface area contributed by atoms with Crippen molar-refractivity contribution in [1.29, 1.82) is 0 Å². The highest BCUT2D eigenvalue weighted by Gasteiger charge is 2.15. The van der Waals surface area contributed by atoms with E-state index in [9.17, 15) is 4.79 Å². The lowest BCUT2D eigenvalue weighted by molar-refractivity contribution is 0.104. The van der Waals surface area contributed by atoms with E-state index in [1.165, 1.54) is 6.08 Å². The number of ether oxygens (including phenoxy) is 1. The van der Waals surface area contributed by atoms with Crippen LogP contribution in [0.4, 0.5) is 0 Å². The van der Waals surface area contributed by atoms with Gasteiger partial charge < -0.3 is 9.64 Å². The van der Waals surface area contributed by atoms with Crippen molar-refractivity contribution in [2.45, 2.75) is 13.8 Å². The normalized spacial score (nSPS) is 10.9. The van der Waals surface area contributed by atoms with Gasteiger partial charge in [0.1, 0.15) is 0 Å². The van der Waals surface area contributed by atoms with Crippen LogP contribution in [0.15, 0.2) is 42.5 Å². The van der Waals surface area contributed by atoms with E-state index >= 15 is 0 Å². The van der Waals surface area contributed by atoms with Gasteiger partial charge in [-0.15, -0.1) is 0 Å². The second kappa shape index (κ2) is 10.1. The molecule has 0 aliphatic heterocycles. The van der Waals surface area contributed by atoms with Gasteiger partial charge in [0.05, 0.1) is 10.0 Å². The predicted molar refractivity (Wildman–Crippen MR) is 117 cm³/mol. The van der Waals surface area contributed by atoms with Crippen LogP contribution in [0.25, 0.3) is 6.08 Å². The largest absolute Gasteiger partial charge is 0.430 e. The number of hydrogen-bond donors (Lipinski definition) is 0. The van der Waals surface area contributed by atoms with Crippen LogP contribution < -0.4 is 4.74 Å². The highest BCUT2D eigenvalue weighted by Crippen LogP contribution is 2.34. The Morgan fingerprint density at radius 1 is 1.11 bits per heavy atom. The van der Waals surface area contributed by atoms with Crippen LogP contribution >= 0.6 is 47.0 Å². The molecule has 0 saturated heterocycles. The maximum atomic E-state index is 12.4. The van der Waals surface area contributed by atoms with Crippen LogP contribution in [-0.2, 0) is 0 Å². The van der Waals surface area contributed by atoms with Gasteiger partial charge in [-0.2, -0.15) is 0 Å². The van der Waals surface area contributed by atoms with Crippen molar-refractivity contribution in [3.8, 4) is 5.75 Å². The first kappa shape index (κ1) is 21.7. The summed E-state index contributed by atoms with van der Waals surface area (Å²) in [6.45, 7) is 5.37. The van der Waals surface area contributed by atoms with Crippen LogP contribution in [0.1, 0.15) is 29.8 Å². The van der Waals surface area contributed by atoms with Gasteiger partial charge in [-0.05, 0) is 62.5 Å². The first-order valence-electron chi connectivity index (χ1n) is 8.30. The van der Waals surface area contributed by atoms with Crippen molar-refractivity contribution in [3.63, 3.8) is 0 Å². The summed E-state index contributed by atoms with van der Waals surface area (Å²) in [5.74, 6) is 0.107. The molecular weight excluding hydrogens is 425 g/mol. The monoisotopic (exact) mass is 441 g/mol. The van der Waals surface area contributed by atoms with Crippen molar-refractivity contribution in [3.05, 3.63) is 68.7 Å². The Morgan fingerprint density at radius 2 is 1.78 bits per heavy atom. The van der Waals surface area contributed by atoms with Crippen molar-refractivity contribution in [1.82, 2.24) is 4.90 Å². The fraction of sp³-hybridized carbons (Fsp3) is 0.200. The maximum Gasteiger partial charge on any atom is 0.264 e. The minimum Gasteiger partial charge on any atom is -0.430 e. The molecule has 0 aliphatic carbocycles. The minimum absolute atomic E-state index is 0.242. The van der Waals surface area contributed by atoms with Crippen molar-refractivity contribution < 1.29 is 9.53 Å². The lowest BCUT2D eigenvalue weighted by Gasteiger charge is -2.22. The summed E-state index contributed by atoms with van der Waals surface area (Å²) in [6.07, 6.45) is 2.99. The maximum absolute atomic E-state index is 12.4. The smallest absolute Gasteiger partial charge is 0.264 e. The molecule has 0 N–H and O–H groups in total. The number of halogens is 3. The summed E-state index contributed by atoms with van der Waals surface area (Å²) in [5.41, 5.74) is 0.951. The van der Waals surface area contributed by atoms with Gasteiger partial charge in [0.2, 0.25) is 0 Å². The topological polar surface area (TPSA) is 29.5 Å². The van der Waals surface area contributed by atoms with Crippen LogP contribution in [-0.4, -0.2) is 28.9 Å². The van der Waals surface area contributed by atoms with E-state index in [0.717, 1.165) is 0 Å². The van der Waals surface area contributed by atoms with Crippen molar-refractivity contribution >= 4 is 64.1 Å². The molecular formula is C20H18Cl3NO2S. The van der Waals surface area contributed by atoms with Gasteiger partial charge in [0.25, 0.3) is 5.17 Å².